The van der Waals surface area contributed by atoms with Gasteiger partial charge in [0, 0.05) is 12.1 Å². The summed E-state index contributed by atoms with van der Waals surface area (Å²) in [6, 6.07) is 4.52. The van der Waals surface area contributed by atoms with Crippen molar-refractivity contribution in [3.8, 4) is 0 Å². The molecule has 1 rings (SSSR count). The Morgan fingerprint density at radius 2 is 2.10 bits per heavy atom. The summed E-state index contributed by atoms with van der Waals surface area (Å²) in [6.07, 6.45) is 5.54. The van der Waals surface area contributed by atoms with Crippen LogP contribution in [0.1, 0.15) is 56.3 Å². The SMILES string of the molecule is CCCCCCC(C)NC(=O)c1cccc([N+](=O)[O-])c1Br. The Morgan fingerprint density at radius 1 is 1.38 bits per heavy atom. The topological polar surface area (TPSA) is 72.2 Å². The van der Waals surface area contributed by atoms with Gasteiger partial charge in [-0.2, -0.15) is 0 Å². The zero-order chi connectivity index (χ0) is 15.8. The summed E-state index contributed by atoms with van der Waals surface area (Å²) in [6.45, 7) is 4.11. The summed E-state index contributed by atoms with van der Waals surface area (Å²) in [7, 11) is 0. The number of benzene rings is 1. The first-order valence-corrected chi connectivity index (χ1v) is 8.00. The fraction of sp³-hybridized carbons (Fsp3) is 0.533. The van der Waals surface area contributed by atoms with Crippen LogP contribution in [0, 0.1) is 10.1 Å². The average Bonchev–Trinajstić information content (AvgIpc) is 2.43. The number of carbonyl (C=O) groups excluding carboxylic acids is 1. The number of amides is 1. The number of nitro groups is 1. The summed E-state index contributed by atoms with van der Waals surface area (Å²) in [5.41, 5.74) is 0.197. The van der Waals surface area contributed by atoms with Crippen molar-refractivity contribution in [3.63, 3.8) is 0 Å². The highest BCUT2D eigenvalue weighted by Gasteiger charge is 2.20. The molecule has 116 valence electrons. The summed E-state index contributed by atoms with van der Waals surface area (Å²) in [4.78, 5) is 22.5. The second kappa shape index (κ2) is 8.77. The normalized spacial score (nSPS) is 12.0. The van der Waals surface area contributed by atoms with Gasteiger partial charge in [0.05, 0.1) is 10.5 Å². The van der Waals surface area contributed by atoms with E-state index in [9.17, 15) is 14.9 Å². The van der Waals surface area contributed by atoms with Crippen LogP contribution in [0.3, 0.4) is 0 Å². The van der Waals surface area contributed by atoms with Gasteiger partial charge in [0.25, 0.3) is 11.6 Å². The first-order chi connectivity index (χ1) is 9.97. The van der Waals surface area contributed by atoms with Crippen LogP contribution >= 0.6 is 15.9 Å². The van der Waals surface area contributed by atoms with E-state index in [2.05, 4.69) is 28.2 Å². The Bertz CT molecular complexity index is 506. The van der Waals surface area contributed by atoms with Gasteiger partial charge in [-0.1, -0.05) is 38.7 Å². The zero-order valence-electron chi connectivity index (χ0n) is 12.4. The van der Waals surface area contributed by atoms with E-state index in [1.807, 2.05) is 6.92 Å². The summed E-state index contributed by atoms with van der Waals surface area (Å²) in [5, 5.41) is 13.8. The third-order valence-electron chi connectivity index (χ3n) is 3.29. The lowest BCUT2D eigenvalue weighted by Gasteiger charge is -2.14. The van der Waals surface area contributed by atoms with Crippen molar-refractivity contribution in [2.45, 2.75) is 52.0 Å². The summed E-state index contributed by atoms with van der Waals surface area (Å²) >= 11 is 3.14. The quantitative estimate of drug-likeness (QED) is 0.425. The van der Waals surface area contributed by atoms with Crippen LogP contribution < -0.4 is 5.32 Å². The highest BCUT2D eigenvalue weighted by molar-refractivity contribution is 9.10. The number of rotatable bonds is 8. The van der Waals surface area contributed by atoms with Crippen molar-refractivity contribution in [2.24, 2.45) is 0 Å². The third-order valence-corrected chi connectivity index (χ3v) is 4.12. The van der Waals surface area contributed by atoms with Crippen molar-refractivity contribution in [1.29, 1.82) is 0 Å². The maximum Gasteiger partial charge on any atom is 0.284 e. The number of nitrogens with one attached hydrogen (secondary N) is 1. The van der Waals surface area contributed by atoms with E-state index < -0.39 is 4.92 Å². The van der Waals surface area contributed by atoms with Gasteiger partial charge in [-0.3, -0.25) is 14.9 Å². The molecule has 1 amide bonds. The first kappa shape index (κ1) is 17.6. The van der Waals surface area contributed by atoms with Crippen LogP contribution in [0.4, 0.5) is 5.69 Å². The number of carbonyl (C=O) groups is 1. The molecule has 0 bridgehead atoms. The van der Waals surface area contributed by atoms with Crippen LogP contribution in [0.15, 0.2) is 22.7 Å². The molecule has 0 aliphatic carbocycles. The Hall–Kier alpha value is -1.43. The van der Waals surface area contributed by atoms with Crippen molar-refractivity contribution < 1.29 is 9.72 Å². The minimum absolute atomic E-state index is 0.0560. The summed E-state index contributed by atoms with van der Waals surface area (Å²) < 4.78 is 0.227. The molecule has 0 spiro atoms. The van der Waals surface area contributed by atoms with E-state index in [4.69, 9.17) is 0 Å². The van der Waals surface area contributed by atoms with E-state index in [0.29, 0.717) is 5.56 Å². The first-order valence-electron chi connectivity index (χ1n) is 7.21. The van der Waals surface area contributed by atoms with Gasteiger partial charge in [-0.15, -0.1) is 0 Å². The van der Waals surface area contributed by atoms with E-state index >= 15 is 0 Å². The van der Waals surface area contributed by atoms with Crippen molar-refractivity contribution in [3.05, 3.63) is 38.3 Å². The molecule has 21 heavy (non-hydrogen) atoms. The van der Waals surface area contributed by atoms with Gasteiger partial charge in [0.2, 0.25) is 0 Å². The van der Waals surface area contributed by atoms with Gasteiger partial charge < -0.3 is 5.32 Å². The Kier molecular flexibility index (Phi) is 7.36. The molecule has 1 aromatic rings. The number of hydrogen-bond donors (Lipinski definition) is 1. The minimum Gasteiger partial charge on any atom is -0.350 e. The molecule has 1 N–H and O–H groups in total. The molecule has 0 heterocycles. The number of unbranched alkanes of at least 4 members (excludes halogenated alkanes) is 3. The fourth-order valence-corrected chi connectivity index (χ4v) is 2.68. The monoisotopic (exact) mass is 356 g/mol. The molecule has 0 saturated heterocycles. The molecule has 0 saturated carbocycles. The van der Waals surface area contributed by atoms with Crippen molar-refractivity contribution >= 4 is 27.5 Å². The number of hydrogen-bond acceptors (Lipinski definition) is 3. The largest absolute Gasteiger partial charge is 0.350 e. The molecular formula is C15H21BrN2O3. The Balaban J connectivity index is 2.63. The maximum absolute atomic E-state index is 12.2. The lowest BCUT2D eigenvalue weighted by molar-refractivity contribution is -0.385. The van der Waals surface area contributed by atoms with Gasteiger partial charge in [0.1, 0.15) is 4.47 Å². The highest BCUT2D eigenvalue weighted by atomic mass is 79.9. The second-order valence-corrected chi connectivity index (χ2v) is 5.91. The molecule has 0 aliphatic rings. The fourth-order valence-electron chi connectivity index (χ4n) is 2.09. The van der Waals surface area contributed by atoms with Crippen molar-refractivity contribution in [2.75, 3.05) is 0 Å². The van der Waals surface area contributed by atoms with E-state index in [1.54, 1.807) is 6.07 Å². The average molecular weight is 357 g/mol. The predicted octanol–water partition coefficient (Wildman–Crippen LogP) is 4.45. The molecule has 0 fully saturated rings. The van der Waals surface area contributed by atoms with Crippen LogP contribution in [0.2, 0.25) is 0 Å². The van der Waals surface area contributed by atoms with Crippen LogP contribution in [0.25, 0.3) is 0 Å². The molecule has 0 aromatic heterocycles. The van der Waals surface area contributed by atoms with Crippen LogP contribution in [-0.2, 0) is 0 Å². The zero-order valence-corrected chi connectivity index (χ0v) is 14.0. The second-order valence-electron chi connectivity index (χ2n) is 5.12. The van der Waals surface area contributed by atoms with E-state index in [0.717, 1.165) is 19.3 Å². The third kappa shape index (κ3) is 5.46. The van der Waals surface area contributed by atoms with Crippen LogP contribution in [0.5, 0.6) is 0 Å². The summed E-state index contributed by atoms with van der Waals surface area (Å²) in [5.74, 6) is -0.284. The predicted molar refractivity (Wildman–Crippen MR) is 86.5 cm³/mol. The standard InChI is InChI=1S/C15H21BrN2O3/c1-3-4-5-6-8-11(2)17-15(19)12-9-7-10-13(14(12)16)18(20)21/h7,9-11H,3-6,8H2,1-2H3,(H,17,19). The molecule has 0 aliphatic heterocycles. The Morgan fingerprint density at radius 3 is 2.71 bits per heavy atom. The van der Waals surface area contributed by atoms with Gasteiger partial charge >= 0.3 is 0 Å². The van der Waals surface area contributed by atoms with Crippen LogP contribution in [-0.4, -0.2) is 16.9 Å². The molecule has 6 heteroatoms. The molecular weight excluding hydrogens is 336 g/mol. The lowest BCUT2D eigenvalue weighted by atomic mass is 10.1. The molecule has 5 nitrogen and oxygen atoms in total. The van der Waals surface area contributed by atoms with Crippen molar-refractivity contribution in [1.82, 2.24) is 5.32 Å². The number of nitro benzene ring substituents is 1. The lowest BCUT2D eigenvalue weighted by Crippen LogP contribution is -2.32. The van der Waals surface area contributed by atoms with E-state index in [-0.39, 0.29) is 22.1 Å². The minimum atomic E-state index is -0.505. The van der Waals surface area contributed by atoms with Gasteiger partial charge in [-0.25, -0.2) is 0 Å². The Labute approximate surface area is 133 Å². The number of halogens is 1. The highest BCUT2D eigenvalue weighted by Crippen LogP contribution is 2.28. The maximum atomic E-state index is 12.2. The van der Waals surface area contributed by atoms with Gasteiger partial charge in [-0.05, 0) is 35.3 Å². The molecule has 1 atom stereocenters. The molecule has 1 unspecified atom stereocenters. The van der Waals surface area contributed by atoms with Gasteiger partial charge in [0.15, 0.2) is 0 Å². The molecule has 1 aromatic carbocycles. The smallest absolute Gasteiger partial charge is 0.284 e. The van der Waals surface area contributed by atoms with E-state index in [1.165, 1.54) is 25.0 Å². The molecule has 0 radical (unpaired) electrons. The number of nitrogens with zero attached hydrogens (tertiary/aromatic N) is 1.